The highest BCUT2D eigenvalue weighted by molar-refractivity contribution is 8.00. The number of aromatic amines is 1. The number of hydrogen-bond acceptors (Lipinski definition) is 14. The van der Waals surface area contributed by atoms with Gasteiger partial charge in [0.2, 0.25) is 5.95 Å². The van der Waals surface area contributed by atoms with Gasteiger partial charge in [-0.25, -0.2) is 24.3 Å². The first-order chi connectivity index (χ1) is 19.8. The fourth-order valence-corrected chi connectivity index (χ4v) is 9.90. The van der Waals surface area contributed by atoms with Crippen molar-refractivity contribution in [3.05, 3.63) is 29.3 Å². The van der Waals surface area contributed by atoms with Crippen LogP contribution in [-0.2, 0) is 18.3 Å². The highest BCUT2D eigenvalue weighted by Gasteiger charge is 2.53. The lowest BCUT2D eigenvalue weighted by Gasteiger charge is -2.20. The zero-order valence-corrected chi connectivity index (χ0v) is 23.7. The second-order valence-corrected chi connectivity index (χ2v) is 13.4. The third kappa shape index (κ3) is 4.58. The quantitative estimate of drug-likeness (QED) is 0.225. The summed E-state index contributed by atoms with van der Waals surface area (Å²) in [6, 6.07) is 0. The molecule has 0 saturated carbocycles. The van der Waals surface area contributed by atoms with E-state index in [1.165, 1.54) is 35.3 Å². The summed E-state index contributed by atoms with van der Waals surface area (Å²) in [5, 5.41) is 10.2. The first-order valence-corrected chi connectivity index (χ1v) is 16.0. The number of ether oxygens (including phenoxy) is 1. The number of alkyl halides is 1. The molecule has 3 aliphatic rings. The van der Waals surface area contributed by atoms with E-state index in [0.29, 0.717) is 23.5 Å². The number of halogens is 1. The van der Waals surface area contributed by atoms with Gasteiger partial charge in [0, 0.05) is 15.7 Å². The van der Waals surface area contributed by atoms with Crippen molar-refractivity contribution in [3.8, 4) is 0 Å². The standard InChI is InChI=1S/C21H23FN10O6P2S/c22-10-7-2-39-3-9-13(33)14(20(41-9)32-6-28-12-17(32)29-21(24)30-18(12)34)38-40(35)36-1-8(7)37-19(10)31-5-27-11-15(23)25-4-26-16(11)31/h4-10,13-14,19-20,33,39H,1-3H2,(H4-,23,24,25,26,29,30,34)/p+1/t7-,8-,9?,10+,13-,14-,19-,20-/m1/s1. The van der Waals surface area contributed by atoms with Crippen molar-refractivity contribution in [1.82, 2.24) is 39.0 Å². The van der Waals surface area contributed by atoms with Crippen LogP contribution in [0.3, 0.4) is 0 Å². The third-order valence-electron chi connectivity index (χ3n) is 7.45. The molecule has 7 heterocycles. The van der Waals surface area contributed by atoms with E-state index in [2.05, 4.69) is 29.9 Å². The molecule has 3 saturated heterocycles. The summed E-state index contributed by atoms with van der Waals surface area (Å²) in [4.78, 5) is 35.4. The number of rotatable bonds is 2. The summed E-state index contributed by atoms with van der Waals surface area (Å²) in [6.07, 6.45) is -0.109. The molecule has 3 fully saturated rings. The van der Waals surface area contributed by atoms with Crippen LogP contribution in [0.2, 0.25) is 0 Å². The van der Waals surface area contributed by atoms with E-state index >= 15 is 4.39 Å². The van der Waals surface area contributed by atoms with E-state index < -0.39 is 55.8 Å². The number of aliphatic hydroxyl groups excluding tert-OH is 1. The van der Waals surface area contributed by atoms with Gasteiger partial charge in [0.05, 0.1) is 18.8 Å². The van der Waals surface area contributed by atoms with Crippen LogP contribution in [0.5, 0.6) is 0 Å². The number of aromatic nitrogens is 8. The van der Waals surface area contributed by atoms with Crippen LogP contribution in [-0.4, -0.2) is 92.8 Å². The first-order valence-electron chi connectivity index (χ1n) is 12.6. The molecule has 7 rings (SSSR count). The number of nitrogens with one attached hydrogen (secondary N) is 1. The maximum absolute atomic E-state index is 16.0. The Kier molecular flexibility index (Phi) is 6.89. The summed E-state index contributed by atoms with van der Waals surface area (Å²) >= 11 is 1.38. The Morgan fingerprint density at radius 1 is 1.15 bits per heavy atom. The number of thioether (sulfide) groups is 1. The molecule has 16 nitrogen and oxygen atoms in total. The van der Waals surface area contributed by atoms with Crippen molar-refractivity contribution in [1.29, 1.82) is 0 Å². The van der Waals surface area contributed by atoms with Gasteiger partial charge in [0.1, 0.15) is 29.9 Å². The summed E-state index contributed by atoms with van der Waals surface area (Å²) in [5.41, 5.74) is 12.1. The Labute approximate surface area is 236 Å². The number of imidazole rings is 2. The number of H-pyrrole nitrogens is 1. The smallest absolute Gasteiger partial charge is 0.389 e. The van der Waals surface area contributed by atoms with E-state index in [1.807, 2.05) is 0 Å². The van der Waals surface area contributed by atoms with Crippen LogP contribution in [0.1, 0.15) is 11.6 Å². The minimum Gasteiger partial charge on any atom is -0.389 e. The van der Waals surface area contributed by atoms with Crippen LogP contribution < -0.4 is 17.0 Å². The van der Waals surface area contributed by atoms with Crippen LogP contribution in [0.25, 0.3) is 22.3 Å². The van der Waals surface area contributed by atoms with Crippen molar-refractivity contribution in [2.75, 3.05) is 30.4 Å². The van der Waals surface area contributed by atoms with Crippen LogP contribution in [0.4, 0.5) is 16.2 Å². The molecule has 4 aromatic heterocycles. The zero-order valence-electron chi connectivity index (χ0n) is 21.0. The minimum absolute atomic E-state index is 0.0743. The molecule has 41 heavy (non-hydrogen) atoms. The van der Waals surface area contributed by atoms with Crippen molar-refractivity contribution < 1.29 is 27.8 Å². The first kappa shape index (κ1) is 27.0. The van der Waals surface area contributed by atoms with Crippen molar-refractivity contribution >= 4 is 62.7 Å². The van der Waals surface area contributed by atoms with E-state index in [4.69, 9.17) is 25.3 Å². The molecule has 3 unspecified atom stereocenters. The van der Waals surface area contributed by atoms with Gasteiger partial charge in [-0.05, 0) is 12.3 Å². The summed E-state index contributed by atoms with van der Waals surface area (Å²) in [7, 11) is -2.48. The van der Waals surface area contributed by atoms with E-state index in [9.17, 15) is 14.5 Å². The fourth-order valence-electron chi connectivity index (χ4n) is 5.46. The Hall–Kier alpha value is -2.85. The lowest BCUT2D eigenvalue weighted by molar-refractivity contribution is -0.0373. The Bertz CT molecular complexity index is 1710. The highest BCUT2D eigenvalue weighted by Crippen LogP contribution is 2.51. The lowest BCUT2D eigenvalue weighted by atomic mass is 10.0. The van der Waals surface area contributed by atoms with Crippen molar-refractivity contribution in [3.63, 3.8) is 0 Å². The molecule has 20 heteroatoms. The molecular weight excluding hydrogens is 601 g/mol. The predicted octanol–water partition coefficient (Wildman–Crippen LogP) is 0.702. The van der Waals surface area contributed by atoms with Gasteiger partial charge in [-0.15, -0.1) is 29.4 Å². The molecular formula is C21H24FN10O6P2S+. The van der Waals surface area contributed by atoms with E-state index in [1.54, 1.807) is 4.57 Å². The van der Waals surface area contributed by atoms with Crippen LogP contribution in [0, 0.1) is 5.92 Å². The number of aliphatic hydroxyl groups is 1. The molecule has 6 N–H and O–H groups in total. The van der Waals surface area contributed by atoms with Gasteiger partial charge in [0.25, 0.3) is 5.56 Å². The number of anilines is 2. The molecule has 2 bridgehead atoms. The maximum Gasteiger partial charge on any atom is 0.697 e. The normalized spacial score (nSPS) is 34.1. The molecule has 0 aromatic carbocycles. The Balaban J connectivity index is 1.14. The van der Waals surface area contributed by atoms with Gasteiger partial charge in [0.15, 0.2) is 41.1 Å². The molecule has 0 aliphatic carbocycles. The van der Waals surface area contributed by atoms with Crippen molar-refractivity contribution in [2.45, 2.75) is 41.3 Å². The largest absolute Gasteiger partial charge is 0.697 e. The van der Waals surface area contributed by atoms with Gasteiger partial charge in [-0.1, -0.05) is 0 Å². The minimum atomic E-state index is -2.74. The number of nitrogens with two attached hydrogens (primary N) is 2. The second-order valence-electron chi connectivity index (χ2n) is 9.83. The monoisotopic (exact) mass is 625 g/mol. The third-order valence-corrected chi connectivity index (χ3v) is 11.6. The lowest BCUT2D eigenvalue weighted by Crippen LogP contribution is -2.35. The average Bonchev–Trinajstić information content (AvgIpc) is 3.69. The van der Waals surface area contributed by atoms with Gasteiger partial charge in [-0.2, -0.15) is 4.98 Å². The molecule has 0 amide bonds. The van der Waals surface area contributed by atoms with E-state index in [0.717, 1.165) is 0 Å². The molecule has 3 aliphatic heterocycles. The predicted molar refractivity (Wildman–Crippen MR) is 147 cm³/mol. The number of nitrogens with zero attached hydrogens (tertiary/aromatic N) is 7. The average molecular weight is 626 g/mol. The number of nitrogen functional groups attached to an aromatic ring is 2. The number of fused-ring (bicyclic) bond motifs is 5. The fraction of sp³-hybridized carbons (Fsp3) is 0.524. The Morgan fingerprint density at radius 3 is 2.80 bits per heavy atom. The topological polar surface area (TPSA) is 224 Å². The zero-order chi connectivity index (χ0) is 28.4. The summed E-state index contributed by atoms with van der Waals surface area (Å²) < 4.78 is 49.4. The van der Waals surface area contributed by atoms with Gasteiger partial charge >= 0.3 is 8.25 Å². The summed E-state index contributed by atoms with van der Waals surface area (Å²) in [5.74, 6) is -0.495. The maximum atomic E-state index is 16.0. The second kappa shape index (κ2) is 10.5. The van der Waals surface area contributed by atoms with Gasteiger partial charge < -0.3 is 21.3 Å². The molecule has 0 spiro atoms. The SMILES string of the molecule is Nc1nc2c(ncn2[C@@H]2SC3CPC[C@H]4[C@H](F)[C@H](n5cnc6c(N)ncnc65)O[C@@H]4CO[P+](=O)O[C@@H]2[C@@H]3O)c(=O)[nH]1. The van der Waals surface area contributed by atoms with Crippen LogP contribution >= 0.6 is 28.6 Å². The van der Waals surface area contributed by atoms with E-state index in [-0.39, 0.29) is 43.4 Å². The Morgan fingerprint density at radius 2 is 1.95 bits per heavy atom. The molecule has 0 radical (unpaired) electrons. The summed E-state index contributed by atoms with van der Waals surface area (Å²) in [6.45, 7) is -0.198. The molecule has 10 atom stereocenters. The molecule has 4 aromatic rings. The van der Waals surface area contributed by atoms with Crippen LogP contribution in [0.15, 0.2) is 23.8 Å². The van der Waals surface area contributed by atoms with Gasteiger partial charge in [-0.3, -0.25) is 18.9 Å². The number of hydrogen-bond donors (Lipinski definition) is 4. The molecule has 216 valence electrons. The van der Waals surface area contributed by atoms with Crippen molar-refractivity contribution in [2.24, 2.45) is 5.92 Å². The highest BCUT2D eigenvalue weighted by atomic mass is 32.2.